The standard InChI is InChI=1S/C17H16ClN3O3/c1-10-14(7-8-24-11(2)22)17(23)21-16(20-10)15(9-19-21)12-3-5-13(18)6-4-12/h3-6,9,19H,7-8H2,1-2H3. The van der Waals surface area contributed by atoms with Crippen LogP contribution in [0.5, 0.6) is 0 Å². The summed E-state index contributed by atoms with van der Waals surface area (Å²) in [4.78, 5) is 28.1. The van der Waals surface area contributed by atoms with Gasteiger partial charge in [-0.15, -0.1) is 0 Å². The zero-order chi connectivity index (χ0) is 17.3. The molecule has 6 nitrogen and oxygen atoms in total. The lowest BCUT2D eigenvalue weighted by Gasteiger charge is -2.06. The van der Waals surface area contributed by atoms with Crippen molar-refractivity contribution in [2.45, 2.75) is 20.3 Å². The number of H-pyrrole nitrogens is 1. The van der Waals surface area contributed by atoms with E-state index in [1.54, 1.807) is 25.3 Å². The summed E-state index contributed by atoms with van der Waals surface area (Å²) >= 11 is 5.92. The molecule has 124 valence electrons. The summed E-state index contributed by atoms with van der Waals surface area (Å²) in [7, 11) is 0. The number of aromatic nitrogens is 3. The fourth-order valence-corrected chi connectivity index (χ4v) is 2.71. The first-order valence-electron chi connectivity index (χ1n) is 7.46. The van der Waals surface area contributed by atoms with Crippen LogP contribution < -0.4 is 5.56 Å². The first-order chi connectivity index (χ1) is 11.5. The maximum atomic E-state index is 12.7. The molecule has 3 rings (SSSR count). The molecule has 0 saturated carbocycles. The Balaban J connectivity index is 2.03. The second-order valence-corrected chi connectivity index (χ2v) is 5.86. The van der Waals surface area contributed by atoms with Crippen molar-refractivity contribution < 1.29 is 9.53 Å². The van der Waals surface area contributed by atoms with Crippen LogP contribution in [-0.2, 0) is 16.0 Å². The summed E-state index contributed by atoms with van der Waals surface area (Å²) in [5.74, 6) is -0.369. The minimum absolute atomic E-state index is 0.157. The Hall–Kier alpha value is -2.60. The molecule has 0 spiro atoms. The second-order valence-electron chi connectivity index (χ2n) is 5.42. The number of hydrogen-bond donors (Lipinski definition) is 1. The van der Waals surface area contributed by atoms with Crippen molar-refractivity contribution in [3.8, 4) is 11.1 Å². The number of nitrogens with zero attached hydrogens (tertiary/aromatic N) is 2. The monoisotopic (exact) mass is 345 g/mol. The van der Waals surface area contributed by atoms with Crippen molar-refractivity contribution in [2.24, 2.45) is 0 Å². The van der Waals surface area contributed by atoms with Crippen LogP contribution >= 0.6 is 11.6 Å². The minimum atomic E-state index is -0.369. The fraction of sp³-hybridized carbons (Fsp3) is 0.235. The van der Waals surface area contributed by atoms with Gasteiger partial charge in [0.25, 0.3) is 5.56 Å². The largest absolute Gasteiger partial charge is 0.466 e. The summed E-state index contributed by atoms with van der Waals surface area (Å²) in [5.41, 5.74) is 3.25. The topological polar surface area (TPSA) is 76.5 Å². The van der Waals surface area contributed by atoms with E-state index >= 15 is 0 Å². The van der Waals surface area contributed by atoms with E-state index in [9.17, 15) is 9.59 Å². The summed E-state index contributed by atoms with van der Waals surface area (Å²) in [6.07, 6.45) is 2.07. The first-order valence-corrected chi connectivity index (χ1v) is 7.84. The number of aromatic amines is 1. The second kappa shape index (κ2) is 6.49. The molecule has 1 aromatic carbocycles. The maximum absolute atomic E-state index is 12.7. The number of carbonyl (C=O) groups is 1. The van der Waals surface area contributed by atoms with Gasteiger partial charge in [-0.3, -0.25) is 14.7 Å². The average molecular weight is 346 g/mol. The van der Waals surface area contributed by atoms with Gasteiger partial charge in [0.1, 0.15) is 0 Å². The van der Waals surface area contributed by atoms with Crippen LogP contribution in [0.1, 0.15) is 18.2 Å². The van der Waals surface area contributed by atoms with Crippen molar-refractivity contribution in [1.82, 2.24) is 14.6 Å². The van der Waals surface area contributed by atoms with Crippen molar-refractivity contribution in [1.29, 1.82) is 0 Å². The van der Waals surface area contributed by atoms with E-state index in [0.717, 1.165) is 11.1 Å². The quantitative estimate of drug-likeness (QED) is 0.738. The molecule has 0 aliphatic rings. The van der Waals surface area contributed by atoms with E-state index < -0.39 is 0 Å². The van der Waals surface area contributed by atoms with Gasteiger partial charge >= 0.3 is 5.97 Å². The van der Waals surface area contributed by atoms with E-state index in [1.165, 1.54) is 11.4 Å². The van der Waals surface area contributed by atoms with Gasteiger partial charge in [0.15, 0.2) is 5.65 Å². The van der Waals surface area contributed by atoms with Gasteiger partial charge in [0.05, 0.1) is 6.61 Å². The summed E-state index contributed by atoms with van der Waals surface area (Å²) in [6, 6.07) is 7.33. The van der Waals surface area contributed by atoms with Gasteiger partial charge in [-0.2, -0.15) is 0 Å². The molecule has 2 aromatic heterocycles. The van der Waals surface area contributed by atoms with E-state index in [4.69, 9.17) is 16.3 Å². The number of hydrogen-bond acceptors (Lipinski definition) is 4. The molecule has 0 radical (unpaired) electrons. The van der Waals surface area contributed by atoms with E-state index in [2.05, 4.69) is 10.1 Å². The molecular weight excluding hydrogens is 330 g/mol. The maximum Gasteiger partial charge on any atom is 0.302 e. The number of esters is 1. The number of rotatable bonds is 4. The number of nitrogens with one attached hydrogen (secondary N) is 1. The predicted octanol–water partition coefficient (Wildman–Crippen LogP) is 2.76. The van der Waals surface area contributed by atoms with Crippen LogP contribution in [0.3, 0.4) is 0 Å². The summed E-state index contributed by atoms with van der Waals surface area (Å²) < 4.78 is 6.32. The zero-order valence-electron chi connectivity index (χ0n) is 13.3. The highest BCUT2D eigenvalue weighted by Gasteiger charge is 2.15. The van der Waals surface area contributed by atoms with Gasteiger partial charge in [0.2, 0.25) is 0 Å². The van der Waals surface area contributed by atoms with Crippen molar-refractivity contribution >= 4 is 23.2 Å². The van der Waals surface area contributed by atoms with E-state index in [1.807, 2.05) is 12.1 Å². The molecule has 0 atom stereocenters. The van der Waals surface area contributed by atoms with E-state index in [-0.39, 0.29) is 18.1 Å². The molecule has 0 amide bonds. The lowest BCUT2D eigenvalue weighted by atomic mass is 10.1. The van der Waals surface area contributed by atoms with Crippen molar-refractivity contribution in [3.05, 3.63) is 57.1 Å². The first kappa shape index (κ1) is 16.3. The van der Waals surface area contributed by atoms with Gasteiger partial charge < -0.3 is 4.74 Å². The number of ether oxygens (including phenoxy) is 1. The number of aryl methyl sites for hydroxylation is 1. The Kier molecular flexibility index (Phi) is 4.40. The van der Waals surface area contributed by atoms with Crippen LogP contribution in [0.15, 0.2) is 35.3 Å². The van der Waals surface area contributed by atoms with Crippen molar-refractivity contribution in [3.63, 3.8) is 0 Å². The Morgan fingerprint density at radius 1 is 1.33 bits per heavy atom. The number of benzene rings is 1. The third-order valence-corrected chi connectivity index (χ3v) is 4.03. The SMILES string of the molecule is CC(=O)OCCc1c(C)nc2c(-c3ccc(Cl)cc3)c[nH]n2c1=O. The number of fused-ring (bicyclic) bond motifs is 1. The highest BCUT2D eigenvalue weighted by Crippen LogP contribution is 2.24. The molecule has 3 aromatic rings. The van der Waals surface area contributed by atoms with Crippen LogP contribution in [0.2, 0.25) is 5.02 Å². The normalized spacial score (nSPS) is 11.0. The molecule has 7 heteroatoms. The van der Waals surface area contributed by atoms with Gasteiger partial charge in [-0.25, -0.2) is 9.50 Å². The molecule has 0 saturated heterocycles. The highest BCUT2D eigenvalue weighted by molar-refractivity contribution is 6.30. The smallest absolute Gasteiger partial charge is 0.302 e. The molecule has 0 aliphatic heterocycles. The van der Waals surface area contributed by atoms with Crippen LogP contribution in [0, 0.1) is 6.92 Å². The third kappa shape index (κ3) is 3.05. The number of halogens is 1. The van der Waals surface area contributed by atoms with Crippen LogP contribution in [-0.4, -0.2) is 27.2 Å². The molecular formula is C17H16ClN3O3. The van der Waals surface area contributed by atoms with Crippen LogP contribution in [0.25, 0.3) is 16.8 Å². The van der Waals surface area contributed by atoms with Crippen molar-refractivity contribution in [2.75, 3.05) is 6.61 Å². The minimum Gasteiger partial charge on any atom is -0.466 e. The average Bonchev–Trinajstić information content (AvgIpc) is 2.95. The van der Waals surface area contributed by atoms with Gasteiger partial charge in [-0.1, -0.05) is 23.7 Å². The molecule has 0 fully saturated rings. The predicted molar refractivity (Wildman–Crippen MR) is 91.3 cm³/mol. The summed E-state index contributed by atoms with van der Waals surface area (Å²) in [6.45, 7) is 3.28. The molecule has 1 N–H and O–H groups in total. The lowest BCUT2D eigenvalue weighted by Crippen LogP contribution is -2.23. The lowest BCUT2D eigenvalue weighted by molar-refractivity contribution is -0.140. The highest BCUT2D eigenvalue weighted by atomic mass is 35.5. The Labute approximate surface area is 143 Å². The van der Waals surface area contributed by atoms with Gasteiger partial charge in [-0.05, 0) is 24.6 Å². The molecule has 0 bridgehead atoms. The zero-order valence-corrected chi connectivity index (χ0v) is 14.1. The Morgan fingerprint density at radius 2 is 2.04 bits per heavy atom. The summed E-state index contributed by atoms with van der Waals surface area (Å²) in [5, 5.41) is 3.58. The molecule has 0 aliphatic carbocycles. The Morgan fingerprint density at radius 3 is 2.71 bits per heavy atom. The third-order valence-electron chi connectivity index (χ3n) is 3.77. The Bertz CT molecular complexity index is 958. The van der Waals surface area contributed by atoms with Gasteiger partial charge in [0, 0.05) is 41.4 Å². The molecule has 24 heavy (non-hydrogen) atoms. The molecule has 2 heterocycles. The fourth-order valence-electron chi connectivity index (χ4n) is 2.58. The van der Waals surface area contributed by atoms with E-state index in [0.29, 0.717) is 28.3 Å². The van der Waals surface area contributed by atoms with Crippen LogP contribution in [0.4, 0.5) is 0 Å². The molecule has 0 unspecified atom stereocenters. The number of carbonyl (C=O) groups excluding carboxylic acids is 1.